The molecule has 0 saturated carbocycles. The molecule has 0 amide bonds. The van der Waals surface area contributed by atoms with Crippen LogP contribution in [-0.2, 0) is 14.3 Å². The van der Waals surface area contributed by atoms with Gasteiger partial charge in [0.05, 0.1) is 6.04 Å². The molecule has 0 aromatic heterocycles. The second kappa shape index (κ2) is 8.42. The van der Waals surface area contributed by atoms with Crippen molar-refractivity contribution in [2.75, 3.05) is 6.61 Å². The minimum atomic E-state index is -1.49. The Morgan fingerprint density at radius 2 is 1.47 bits per heavy atom. The summed E-state index contributed by atoms with van der Waals surface area (Å²) in [6.07, 6.45) is 0. The monoisotopic (exact) mass is 465 g/mol. The van der Waals surface area contributed by atoms with Gasteiger partial charge in [0.15, 0.2) is 5.92 Å². The van der Waals surface area contributed by atoms with Gasteiger partial charge in [0.2, 0.25) is 0 Å². The van der Waals surface area contributed by atoms with Crippen LogP contribution in [0.1, 0.15) is 28.7 Å². The lowest BCUT2D eigenvalue weighted by Crippen LogP contribution is -2.36. The maximum Gasteiger partial charge on any atom is 0.322 e. The summed E-state index contributed by atoms with van der Waals surface area (Å²) in [6.45, 7) is 0.0592. The summed E-state index contributed by atoms with van der Waals surface area (Å²) in [5.41, 5.74) is 11.0. The molecule has 0 radical (unpaired) electrons. The molecule has 3 aromatic carbocycles. The van der Waals surface area contributed by atoms with Crippen molar-refractivity contribution >= 4 is 27.9 Å². The molecule has 3 aromatic rings. The SMILES string of the molecule is N[C@@H](c1ccc(Br)cc1)[C@@H](C(=O)O)C(=O)OCC1c2ccccc2-c2ccccc21. The minimum absolute atomic E-state index is 0.0592. The molecule has 1 aliphatic rings. The topological polar surface area (TPSA) is 89.6 Å². The number of aliphatic carboxylic acids is 1. The number of hydrogen-bond donors (Lipinski definition) is 2. The zero-order valence-corrected chi connectivity index (χ0v) is 17.6. The van der Waals surface area contributed by atoms with E-state index in [0.717, 1.165) is 26.7 Å². The summed E-state index contributed by atoms with van der Waals surface area (Å²) >= 11 is 3.33. The van der Waals surface area contributed by atoms with Gasteiger partial charge in [-0.05, 0) is 39.9 Å². The molecule has 0 unspecified atom stereocenters. The third-order valence-electron chi connectivity index (χ3n) is 5.49. The molecule has 1 aliphatic carbocycles. The Hall–Kier alpha value is -2.96. The summed E-state index contributed by atoms with van der Waals surface area (Å²) in [5, 5.41) is 9.65. The molecular weight excluding hydrogens is 446 g/mol. The molecule has 3 N–H and O–H groups in total. The Kier molecular flexibility index (Phi) is 5.70. The highest BCUT2D eigenvalue weighted by molar-refractivity contribution is 9.10. The Labute approximate surface area is 182 Å². The average molecular weight is 466 g/mol. The van der Waals surface area contributed by atoms with Gasteiger partial charge in [0, 0.05) is 10.4 Å². The third kappa shape index (κ3) is 3.76. The van der Waals surface area contributed by atoms with E-state index in [0.29, 0.717) is 5.56 Å². The number of carbonyl (C=O) groups excluding carboxylic acids is 1. The van der Waals surface area contributed by atoms with Crippen molar-refractivity contribution < 1.29 is 19.4 Å². The van der Waals surface area contributed by atoms with Crippen LogP contribution in [0.25, 0.3) is 11.1 Å². The fraction of sp³-hybridized carbons (Fsp3) is 0.167. The number of carboxylic acid groups (broad SMARTS) is 1. The van der Waals surface area contributed by atoms with Crippen LogP contribution in [0.5, 0.6) is 0 Å². The van der Waals surface area contributed by atoms with E-state index in [1.54, 1.807) is 24.3 Å². The Bertz CT molecular complexity index is 1050. The highest BCUT2D eigenvalue weighted by Gasteiger charge is 2.37. The zero-order chi connectivity index (χ0) is 21.3. The number of fused-ring (bicyclic) bond motifs is 3. The number of hydrogen-bond acceptors (Lipinski definition) is 4. The average Bonchev–Trinajstić information content (AvgIpc) is 3.06. The number of halogens is 1. The Morgan fingerprint density at radius 1 is 0.933 bits per heavy atom. The van der Waals surface area contributed by atoms with Crippen LogP contribution < -0.4 is 5.73 Å². The van der Waals surface area contributed by atoms with Crippen LogP contribution in [0.4, 0.5) is 0 Å². The van der Waals surface area contributed by atoms with Gasteiger partial charge in [-0.2, -0.15) is 0 Å². The molecule has 0 fully saturated rings. The van der Waals surface area contributed by atoms with Crippen molar-refractivity contribution in [2.45, 2.75) is 12.0 Å². The molecule has 0 heterocycles. The second-order valence-corrected chi connectivity index (χ2v) is 8.17. The van der Waals surface area contributed by atoms with Crippen LogP contribution in [0.3, 0.4) is 0 Å². The van der Waals surface area contributed by atoms with Gasteiger partial charge >= 0.3 is 11.9 Å². The molecular formula is C24H20BrNO4. The van der Waals surface area contributed by atoms with E-state index in [-0.39, 0.29) is 12.5 Å². The first-order valence-corrected chi connectivity index (χ1v) is 10.4. The second-order valence-electron chi connectivity index (χ2n) is 7.25. The number of carboxylic acids is 1. The van der Waals surface area contributed by atoms with Crippen molar-refractivity contribution in [1.82, 2.24) is 0 Å². The summed E-state index contributed by atoms with van der Waals surface area (Å²) in [7, 11) is 0. The van der Waals surface area contributed by atoms with Crippen molar-refractivity contribution in [1.29, 1.82) is 0 Å². The normalized spacial score (nSPS) is 14.5. The number of carbonyl (C=O) groups is 2. The predicted molar refractivity (Wildman–Crippen MR) is 117 cm³/mol. The van der Waals surface area contributed by atoms with Crippen LogP contribution in [-0.4, -0.2) is 23.7 Å². The quantitative estimate of drug-likeness (QED) is 0.412. The zero-order valence-electron chi connectivity index (χ0n) is 16.0. The highest BCUT2D eigenvalue weighted by Crippen LogP contribution is 2.44. The molecule has 5 nitrogen and oxygen atoms in total. The number of esters is 1. The van der Waals surface area contributed by atoms with E-state index in [9.17, 15) is 14.7 Å². The molecule has 6 heteroatoms. The standard InChI is InChI=1S/C24H20BrNO4/c25-15-11-9-14(10-12-15)22(26)21(23(27)28)24(29)30-13-20-18-7-3-1-5-16(18)17-6-2-4-8-19(17)20/h1-12,20-22H,13,26H2,(H,27,28)/t21-,22-/m0/s1. The third-order valence-corrected chi connectivity index (χ3v) is 6.02. The van der Waals surface area contributed by atoms with Crippen molar-refractivity contribution in [2.24, 2.45) is 11.7 Å². The van der Waals surface area contributed by atoms with Gasteiger partial charge in [-0.3, -0.25) is 9.59 Å². The van der Waals surface area contributed by atoms with Crippen LogP contribution in [0.2, 0.25) is 0 Å². The smallest absolute Gasteiger partial charge is 0.322 e. The number of nitrogens with two attached hydrogens (primary N) is 1. The van der Waals surface area contributed by atoms with Crippen LogP contribution in [0, 0.1) is 5.92 Å². The van der Waals surface area contributed by atoms with Gasteiger partial charge < -0.3 is 15.6 Å². The molecule has 30 heavy (non-hydrogen) atoms. The minimum Gasteiger partial charge on any atom is -0.481 e. The van der Waals surface area contributed by atoms with E-state index >= 15 is 0 Å². The fourth-order valence-electron chi connectivity index (χ4n) is 3.97. The maximum absolute atomic E-state index is 12.8. The van der Waals surface area contributed by atoms with E-state index in [2.05, 4.69) is 15.9 Å². The molecule has 4 rings (SSSR count). The molecule has 0 bridgehead atoms. The number of ether oxygens (including phenoxy) is 1. The number of rotatable bonds is 6. The lowest BCUT2D eigenvalue weighted by Gasteiger charge is -2.21. The van der Waals surface area contributed by atoms with E-state index in [4.69, 9.17) is 10.5 Å². The van der Waals surface area contributed by atoms with Gasteiger partial charge in [0.25, 0.3) is 0 Å². The van der Waals surface area contributed by atoms with Gasteiger partial charge in [0.1, 0.15) is 6.61 Å². The molecule has 0 spiro atoms. The van der Waals surface area contributed by atoms with Crippen LogP contribution in [0.15, 0.2) is 77.3 Å². The first-order chi connectivity index (χ1) is 14.5. The van der Waals surface area contributed by atoms with Crippen molar-refractivity contribution in [3.63, 3.8) is 0 Å². The van der Waals surface area contributed by atoms with Gasteiger partial charge in [-0.1, -0.05) is 76.6 Å². The van der Waals surface area contributed by atoms with E-state index < -0.39 is 23.9 Å². The largest absolute Gasteiger partial charge is 0.481 e. The first kappa shape index (κ1) is 20.3. The highest BCUT2D eigenvalue weighted by atomic mass is 79.9. The summed E-state index contributed by atoms with van der Waals surface area (Å²) in [5.74, 6) is -3.76. The first-order valence-electron chi connectivity index (χ1n) is 9.56. The van der Waals surface area contributed by atoms with Crippen molar-refractivity contribution in [3.8, 4) is 11.1 Å². The number of benzene rings is 3. The van der Waals surface area contributed by atoms with Gasteiger partial charge in [-0.15, -0.1) is 0 Å². The Balaban J connectivity index is 1.54. The molecule has 152 valence electrons. The molecule has 2 atom stereocenters. The molecule has 0 aliphatic heterocycles. The van der Waals surface area contributed by atoms with E-state index in [1.165, 1.54) is 0 Å². The van der Waals surface area contributed by atoms with Gasteiger partial charge in [-0.25, -0.2) is 0 Å². The predicted octanol–water partition coefficient (Wildman–Crippen LogP) is 4.51. The lowest BCUT2D eigenvalue weighted by molar-refractivity contribution is -0.160. The van der Waals surface area contributed by atoms with Crippen molar-refractivity contribution in [3.05, 3.63) is 94.0 Å². The summed E-state index contributed by atoms with van der Waals surface area (Å²) < 4.78 is 6.36. The summed E-state index contributed by atoms with van der Waals surface area (Å²) in [6, 6.07) is 21.8. The fourth-order valence-corrected chi connectivity index (χ4v) is 4.24. The van der Waals surface area contributed by atoms with Crippen LogP contribution >= 0.6 is 15.9 Å². The molecule has 0 saturated heterocycles. The summed E-state index contributed by atoms with van der Waals surface area (Å²) in [4.78, 5) is 24.6. The lowest BCUT2D eigenvalue weighted by atomic mass is 9.93. The maximum atomic E-state index is 12.8. The van der Waals surface area contributed by atoms with E-state index in [1.807, 2.05) is 48.5 Å². The Morgan fingerprint density at radius 3 is 2.00 bits per heavy atom.